The van der Waals surface area contributed by atoms with Crippen molar-refractivity contribution in [1.29, 1.82) is 0 Å². The van der Waals surface area contributed by atoms with E-state index in [9.17, 15) is 19.5 Å². The third-order valence-electron chi connectivity index (χ3n) is 8.12. The number of nitrogens with zero attached hydrogens (tertiary/aromatic N) is 3. The van der Waals surface area contributed by atoms with Gasteiger partial charge in [-0.25, -0.2) is 0 Å². The van der Waals surface area contributed by atoms with E-state index in [1.807, 2.05) is 13.8 Å². The monoisotopic (exact) mass is 581 g/mol. The molecule has 37 heavy (non-hydrogen) atoms. The summed E-state index contributed by atoms with van der Waals surface area (Å²) in [5.74, 6) is -1.81. The van der Waals surface area contributed by atoms with Crippen molar-refractivity contribution >= 4 is 33.7 Å². The maximum absolute atomic E-state index is 14.3. The number of hydrogen-bond acceptors (Lipinski definition) is 5. The second kappa shape index (κ2) is 12.9. The molecule has 3 rings (SSSR count). The predicted molar refractivity (Wildman–Crippen MR) is 147 cm³/mol. The second-order valence-corrected chi connectivity index (χ2v) is 11.8. The Morgan fingerprint density at radius 3 is 2.51 bits per heavy atom. The minimum atomic E-state index is -1.07. The van der Waals surface area contributed by atoms with Crippen molar-refractivity contribution in [2.45, 2.75) is 87.9 Å². The molecule has 1 N–H and O–H groups in total. The van der Waals surface area contributed by atoms with Crippen LogP contribution in [0.2, 0.25) is 0 Å². The standard InChI is InChI=1S/C28H44BrN3O5/c1-6-12-19(5)31(15-9-4)27(36)24-28-18-20(29)23(37-28)21(25(34)30(13-7-2)14-8-3)22(28)26(35)32(24)16-10-11-17-33/h7,9,19-24,33H,2,4,6,8,10-18H2,1,3,5H3/t19?,20?,21-,22+,23-,24?,28?/m1/s1. The van der Waals surface area contributed by atoms with Crippen LogP contribution in [0.1, 0.15) is 59.3 Å². The van der Waals surface area contributed by atoms with Gasteiger partial charge in [0, 0.05) is 43.7 Å². The molecular weight excluding hydrogens is 538 g/mol. The number of carbonyl (C=O) groups is 3. The van der Waals surface area contributed by atoms with Crippen LogP contribution in [0.25, 0.3) is 0 Å². The Labute approximate surface area is 230 Å². The summed E-state index contributed by atoms with van der Waals surface area (Å²) >= 11 is 3.74. The molecule has 0 saturated carbocycles. The summed E-state index contributed by atoms with van der Waals surface area (Å²) in [5.41, 5.74) is -1.07. The maximum atomic E-state index is 14.3. The number of ether oxygens (including phenoxy) is 1. The van der Waals surface area contributed by atoms with Crippen LogP contribution >= 0.6 is 15.9 Å². The van der Waals surface area contributed by atoms with Crippen LogP contribution in [-0.2, 0) is 19.1 Å². The zero-order valence-corrected chi connectivity index (χ0v) is 24.2. The number of amides is 3. The average Bonchev–Trinajstić information content (AvgIpc) is 3.45. The van der Waals surface area contributed by atoms with Crippen LogP contribution in [0.3, 0.4) is 0 Å². The van der Waals surface area contributed by atoms with Gasteiger partial charge in [-0.2, -0.15) is 0 Å². The van der Waals surface area contributed by atoms with Gasteiger partial charge in [0.05, 0.1) is 17.9 Å². The Hall–Kier alpha value is -1.71. The molecule has 4 unspecified atom stereocenters. The zero-order valence-electron chi connectivity index (χ0n) is 22.6. The van der Waals surface area contributed by atoms with E-state index >= 15 is 0 Å². The third-order valence-corrected chi connectivity index (χ3v) is 8.96. The van der Waals surface area contributed by atoms with Gasteiger partial charge in [0.2, 0.25) is 17.7 Å². The highest BCUT2D eigenvalue weighted by atomic mass is 79.9. The molecule has 208 valence electrons. The van der Waals surface area contributed by atoms with Crippen LogP contribution < -0.4 is 0 Å². The third kappa shape index (κ3) is 5.41. The number of aliphatic hydroxyl groups is 1. The molecule has 0 aliphatic carbocycles. The molecule has 0 aromatic rings. The molecule has 3 aliphatic rings. The summed E-state index contributed by atoms with van der Waals surface area (Å²) in [6, 6.07) is -0.839. The number of rotatable bonds is 15. The van der Waals surface area contributed by atoms with E-state index < -0.39 is 29.6 Å². The molecule has 3 fully saturated rings. The molecule has 0 radical (unpaired) electrons. The second-order valence-electron chi connectivity index (χ2n) is 10.6. The van der Waals surface area contributed by atoms with Gasteiger partial charge in [0.25, 0.3) is 0 Å². The number of aliphatic hydroxyl groups excluding tert-OH is 1. The summed E-state index contributed by atoms with van der Waals surface area (Å²) < 4.78 is 6.64. The lowest BCUT2D eigenvalue weighted by molar-refractivity contribution is -0.150. The molecular formula is C28H44BrN3O5. The van der Waals surface area contributed by atoms with Crippen LogP contribution in [-0.4, -0.2) is 98.9 Å². The molecule has 0 aromatic heterocycles. The van der Waals surface area contributed by atoms with Gasteiger partial charge < -0.3 is 24.5 Å². The van der Waals surface area contributed by atoms with Crippen LogP contribution in [0.15, 0.2) is 25.3 Å². The quantitative estimate of drug-likeness (QED) is 0.182. The van der Waals surface area contributed by atoms with Gasteiger partial charge in [-0.1, -0.05) is 48.4 Å². The molecule has 9 heteroatoms. The molecule has 7 atom stereocenters. The van der Waals surface area contributed by atoms with Gasteiger partial charge in [0.1, 0.15) is 11.6 Å². The van der Waals surface area contributed by atoms with Crippen molar-refractivity contribution in [3.63, 3.8) is 0 Å². The number of hydrogen-bond donors (Lipinski definition) is 1. The fourth-order valence-corrected chi connectivity index (χ4v) is 7.55. The zero-order chi connectivity index (χ0) is 27.3. The summed E-state index contributed by atoms with van der Waals surface area (Å²) in [4.78, 5) is 47.4. The number of fused-ring (bicyclic) bond motifs is 1. The Balaban J connectivity index is 2.06. The molecule has 3 heterocycles. The van der Waals surface area contributed by atoms with E-state index in [0.29, 0.717) is 45.4 Å². The summed E-state index contributed by atoms with van der Waals surface area (Å²) in [6.07, 6.45) is 7.09. The number of unbranched alkanes of at least 4 members (excludes halogenated alkanes) is 1. The van der Waals surface area contributed by atoms with Crippen molar-refractivity contribution in [1.82, 2.24) is 14.7 Å². The molecule has 3 amide bonds. The van der Waals surface area contributed by atoms with E-state index in [4.69, 9.17) is 4.74 Å². The van der Waals surface area contributed by atoms with Gasteiger partial charge in [-0.3, -0.25) is 14.4 Å². The average molecular weight is 583 g/mol. The van der Waals surface area contributed by atoms with Crippen molar-refractivity contribution in [3.05, 3.63) is 25.3 Å². The van der Waals surface area contributed by atoms with Crippen molar-refractivity contribution in [2.75, 3.05) is 32.8 Å². The van der Waals surface area contributed by atoms with Gasteiger partial charge in [0.15, 0.2) is 0 Å². The van der Waals surface area contributed by atoms with E-state index in [2.05, 4.69) is 36.0 Å². The lowest BCUT2D eigenvalue weighted by Gasteiger charge is -2.39. The Bertz CT molecular complexity index is 869. The molecule has 3 saturated heterocycles. The van der Waals surface area contributed by atoms with Gasteiger partial charge in [-0.05, 0) is 39.0 Å². The molecule has 2 bridgehead atoms. The van der Waals surface area contributed by atoms with E-state index in [0.717, 1.165) is 19.3 Å². The maximum Gasteiger partial charge on any atom is 0.248 e. The molecule has 0 aromatic carbocycles. The minimum absolute atomic E-state index is 0.0159. The normalized spacial score (nSPS) is 30.8. The molecule has 1 spiro atoms. The minimum Gasteiger partial charge on any atom is -0.396 e. The number of likely N-dealkylation sites (tertiary alicyclic amines) is 1. The van der Waals surface area contributed by atoms with E-state index in [-0.39, 0.29) is 35.2 Å². The Morgan fingerprint density at radius 1 is 1.22 bits per heavy atom. The van der Waals surface area contributed by atoms with Crippen molar-refractivity contribution in [2.24, 2.45) is 11.8 Å². The highest BCUT2D eigenvalue weighted by molar-refractivity contribution is 9.09. The highest BCUT2D eigenvalue weighted by Crippen LogP contribution is 2.60. The Morgan fingerprint density at radius 2 is 1.92 bits per heavy atom. The first-order valence-electron chi connectivity index (χ1n) is 13.8. The lowest BCUT2D eigenvalue weighted by Crippen LogP contribution is -2.58. The van der Waals surface area contributed by atoms with Crippen molar-refractivity contribution < 1.29 is 24.2 Å². The fraction of sp³-hybridized carbons (Fsp3) is 0.750. The first-order valence-corrected chi connectivity index (χ1v) is 14.7. The van der Waals surface area contributed by atoms with Crippen LogP contribution in [0.5, 0.6) is 0 Å². The van der Waals surface area contributed by atoms with Crippen molar-refractivity contribution in [3.8, 4) is 0 Å². The lowest BCUT2D eigenvalue weighted by atomic mass is 9.70. The largest absolute Gasteiger partial charge is 0.396 e. The highest BCUT2D eigenvalue weighted by Gasteiger charge is 2.76. The van der Waals surface area contributed by atoms with E-state index in [1.54, 1.807) is 26.9 Å². The molecule has 3 aliphatic heterocycles. The Kier molecular flexibility index (Phi) is 10.4. The topological polar surface area (TPSA) is 90.4 Å². The fourth-order valence-electron chi connectivity index (χ4n) is 6.61. The SMILES string of the molecule is C=CCN(CCC)C(=O)[C@H]1[C@@H]2OC3(CC2Br)C(C(=O)N(CC=C)C(C)CCC)N(CCCCO)C(=O)[C@H]13. The van der Waals surface area contributed by atoms with Crippen LogP contribution in [0, 0.1) is 11.8 Å². The predicted octanol–water partition coefficient (Wildman–Crippen LogP) is 3.13. The summed E-state index contributed by atoms with van der Waals surface area (Å²) in [5, 5.41) is 9.37. The number of alkyl halides is 1. The smallest absolute Gasteiger partial charge is 0.248 e. The van der Waals surface area contributed by atoms with Gasteiger partial charge in [-0.15, -0.1) is 13.2 Å². The number of carbonyl (C=O) groups excluding carboxylic acids is 3. The van der Waals surface area contributed by atoms with E-state index in [1.165, 1.54) is 0 Å². The summed E-state index contributed by atoms with van der Waals surface area (Å²) in [6.45, 7) is 15.5. The van der Waals surface area contributed by atoms with Gasteiger partial charge >= 0.3 is 0 Å². The molecule has 8 nitrogen and oxygen atoms in total. The first kappa shape index (κ1) is 29.8. The number of halogens is 1. The summed E-state index contributed by atoms with van der Waals surface area (Å²) in [7, 11) is 0. The van der Waals surface area contributed by atoms with Crippen LogP contribution in [0.4, 0.5) is 0 Å². The first-order chi connectivity index (χ1) is 17.7.